The third-order valence-electron chi connectivity index (χ3n) is 12.5. The average molecular weight is 743 g/mol. The molecule has 0 fully saturated rings. The highest BCUT2D eigenvalue weighted by atomic mass is 15.1. The van der Waals surface area contributed by atoms with E-state index in [2.05, 4.69) is 231 Å². The van der Waals surface area contributed by atoms with Crippen molar-refractivity contribution in [2.24, 2.45) is 0 Å². The second-order valence-corrected chi connectivity index (χ2v) is 16.2. The van der Waals surface area contributed by atoms with Gasteiger partial charge in [-0.2, -0.15) is 0 Å². The lowest BCUT2D eigenvalue weighted by molar-refractivity contribution is 0.645. The smallest absolute Gasteiger partial charge is 0.0468 e. The number of aryl methyl sites for hydroxylation is 1. The van der Waals surface area contributed by atoms with E-state index in [0.717, 1.165) is 34.1 Å². The molecule has 0 heterocycles. The first-order valence-electron chi connectivity index (χ1n) is 20.3. The predicted octanol–water partition coefficient (Wildman–Crippen LogP) is 15.9. The number of benzene rings is 10. The van der Waals surface area contributed by atoms with Gasteiger partial charge >= 0.3 is 0 Å². The van der Waals surface area contributed by atoms with Gasteiger partial charge in [-0.25, -0.2) is 0 Å². The molecule has 0 saturated heterocycles. The molecule has 1 aliphatic rings. The highest BCUT2D eigenvalue weighted by molar-refractivity contribution is 6.19. The van der Waals surface area contributed by atoms with Crippen molar-refractivity contribution in [3.63, 3.8) is 0 Å². The molecule has 0 radical (unpaired) electrons. The molecule has 2 nitrogen and oxygen atoms in total. The fourth-order valence-electron chi connectivity index (χ4n) is 9.68. The maximum absolute atomic E-state index is 2.45. The zero-order valence-electron chi connectivity index (χ0n) is 32.9. The van der Waals surface area contributed by atoms with Gasteiger partial charge in [0.1, 0.15) is 0 Å². The van der Waals surface area contributed by atoms with Crippen LogP contribution in [0.15, 0.2) is 200 Å². The molecule has 10 aromatic carbocycles. The van der Waals surface area contributed by atoms with Gasteiger partial charge in [-0.1, -0.05) is 141 Å². The van der Waals surface area contributed by atoms with Gasteiger partial charge in [0.05, 0.1) is 0 Å². The summed E-state index contributed by atoms with van der Waals surface area (Å²) in [7, 11) is 0. The quantitative estimate of drug-likeness (QED) is 0.157. The molecule has 0 N–H and O–H groups in total. The van der Waals surface area contributed by atoms with Gasteiger partial charge in [0.2, 0.25) is 0 Å². The van der Waals surface area contributed by atoms with E-state index in [-0.39, 0.29) is 5.41 Å². The van der Waals surface area contributed by atoms with Gasteiger partial charge in [0.25, 0.3) is 0 Å². The maximum atomic E-state index is 2.45. The van der Waals surface area contributed by atoms with Crippen LogP contribution in [-0.2, 0) is 5.41 Å². The summed E-state index contributed by atoms with van der Waals surface area (Å²) in [6, 6.07) is 73.5. The van der Waals surface area contributed by atoms with E-state index in [1.54, 1.807) is 0 Å². The standard InChI is InChI=1S/C56H42N2/c1-37-48-31-29-46(57(42-19-6-4-7-20-42)44-27-25-38-15-10-12-17-40(38)33-44)35-51(48)49-23-14-24-52-55(49)54(37)50-32-30-47(36-53(50)56(52,2)3)58(43-21-8-5-9-22-43)45-28-26-39-16-11-13-18-41(39)34-45/h4-36H,1-3H3. The molecule has 0 aromatic heterocycles. The number of hydrogen-bond donors (Lipinski definition) is 0. The first kappa shape index (κ1) is 34.1. The molecule has 1 aliphatic carbocycles. The first-order valence-corrected chi connectivity index (χ1v) is 20.3. The lowest BCUT2D eigenvalue weighted by atomic mass is 9.67. The molecule has 0 atom stereocenters. The number of anilines is 6. The van der Waals surface area contributed by atoms with Crippen LogP contribution in [0.25, 0.3) is 54.2 Å². The fourth-order valence-corrected chi connectivity index (χ4v) is 9.68. The van der Waals surface area contributed by atoms with Gasteiger partial charge in [-0.15, -0.1) is 0 Å². The maximum Gasteiger partial charge on any atom is 0.0468 e. The van der Waals surface area contributed by atoms with Gasteiger partial charge in [0, 0.05) is 39.5 Å². The summed E-state index contributed by atoms with van der Waals surface area (Å²) in [6.07, 6.45) is 0. The topological polar surface area (TPSA) is 6.48 Å². The Labute approximate surface area is 339 Å². The second-order valence-electron chi connectivity index (χ2n) is 16.2. The Balaban J connectivity index is 1.10. The third-order valence-corrected chi connectivity index (χ3v) is 12.5. The van der Waals surface area contributed by atoms with Crippen LogP contribution in [0.1, 0.15) is 30.5 Å². The average Bonchev–Trinajstić information content (AvgIpc) is 3.27. The first-order chi connectivity index (χ1) is 28.4. The Hall–Kier alpha value is -7.16. The number of rotatable bonds is 6. The van der Waals surface area contributed by atoms with Gasteiger partial charge in [-0.05, 0) is 151 Å². The molecular weight excluding hydrogens is 701 g/mol. The lowest BCUT2D eigenvalue weighted by Crippen LogP contribution is -2.25. The van der Waals surface area contributed by atoms with Gasteiger partial charge < -0.3 is 9.80 Å². The summed E-state index contributed by atoms with van der Waals surface area (Å²) in [5, 5.41) is 10.2. The molecule has 276 valence electrons. The molecule has 58 heavy (non-hydrogen) atoms. The minimum absolute atomic E-state index is 0.248. The van der Waals surface area contributed by atoms with Crippen molar-refractivity contribution in [1.29, 1.82) is 0 Å². The molecule has 0 bridgehead atoms. The third kappa shape index (κ3) is 5.33. The highest BCUT2D eigenvalue weighted by Gasteiger charge is 2.36. The Bertz CT molecular complexity index is 3220. The summed E-state index contributed by atoms with van der Waals surface area (Å²) in [5.74, 6) is 0. The van der Waals surface area contributed by atoms with E-state index in [1.165, 1.54) is 70.9 Å². The number of nitrogens with zero attached hydrogens (tertiary/aromatic N) is 2. The molecular formula is C56H42N2. The normalized spacial score (nSPS) is 12.9. The minimum Gasteiger partial charge on any atom is -0.310 e. The number of para-hydroxylation sites is 2. The van der Waals surface area contributed by atoms with E-state index < -0.39 is 0 Å². The monoisotopic (exact) mass is 742 g/mol. The van der Waals surface area contributed by atoms with Crippen molar-refractivity contribution in [2.45, 2.75) is 26.2 Å². The van der Waals surface area contributed by atoms with Crippen molar-refractivity contribution in [1.82, 2.24) is 0 Å². The van der Waals surface area contributed by atoms with Crippen LogP contribution < -0.4 is 9.80 Å². The summed E-state index contributed by atoms with van der Waals surface area (Å²) >= 11 is 0. The van der Waals surface area contributed by atoms with Gasteiger partial charge in [0.15, 0.2) is 0 Å². The summed E-state index contributed by atoms with van der Waals surface area (Å²) < 4.78 is 0. The van der Waals surface area contributed by atoms with Crippen molar-refractivity contribution in [2.75, 3.05) is 9.80 Å². The molecule has 0 saturated carbocycles. The second kappa shape index (κ2) is 13.2. The largest absolute Gasteiger partial charge is 0.310 e. The van der Waals surface area contributed by atoms with Crippen LogP contribution >= 0.6 is 0 Å². The SMILES string of the molecule is Cc1c2c3c(cccc3c3cc(N(c4ccccc4)c4ccc5ccccc5c4)ccc13)C(C)(C)c1cc(N(c3ccccc3)c3ccc4ccccc4c3)ccc1-2. The zero-order valence-corrected chi connectivity index (χ0v) is 32.9. The molecule has 0 amide bonds. The summed E-state index contributed by atoms with van der Waals surface area (Å²) in [6.45, 7) is 7.14. The fraction of sp³-hybridized carbons (Fsp3) is 0.0714. The van der Waals surface area contributed by atoms with E-state index in [9.17, 15) is 0 Å². The van der Waals surface area contributed by atoms with Crippen LogP contribution in [-0.4, -0.2) is 0 Å². The van der Waals surface area contributed by atoms with Crippen molar-refractivity contribution >= 4 is 77.2 Å². The van der Waals surface area contributed by atoms with Crippen molar-refractivity contribution in [3.8, 4) is 11.1 Å². The van der Waals surface area contributed by atoms with E-state index >= 15 is 0 Å². The van der Waals surface area contributed by atoms with Crippen LogP contribution in [0, 0.1) is 6.92 Å². The Morgan fingerprint density at radius 3 is 1.45 bits per heavy atom. The van der Waals surface area contributed by atoms with Crippen LogP contribution in [0.3, 0.4) is 0 Å². The van der Waals surface area contributed by atoms with Gasteiger partial charge in [-0.3, -0.25) is 0 Å². The summed E-state index contributed by atoms with van der Waals surface area (Å²) in [4.78, 5) is 4.80. The Kier molecular flexibility index (Phi) is 7.78. The minimum atomic E-state index is -0.248. The highest BCUT2D eigenvalue weighted by Crippen LogP contribution is 2.54. The van der Waals surface area contributed by atoms with E-state index in [0.29, 0.717) is 0 Å². The zero-order chi connectivity index (χ0) is 39.0. The van der Waals surface area contributed by atoms with E-state index in [4.69, 9.17) is 0 Å². The van der Waals surface area contributed by atoms with Crippen LogP contribution in [0.4, 0.5) is 34.1 Å². The summed E-state index contributed by atoms with van der Waals surface area (Å²) in [5.41, 5.74) is 13.3. The molecule has 2 heteroatoms. The lowest BCUT2D eigenvalue weighted by Gasteiger charge is -2.37. The number of fused-ring (bicyclic) bond motifs is 6. The van der Waals surface area contributed by atoms with Crippen LogP contribution in [0.5, 0.6) is 0 Å². The molecule has 0 unspecified atom stereocenters. The number of hydrogen-bond acceptors (Lipinski definition) is 2. The van der Waals surface area contributed by atoms with Crippen LogP contribution in [0.2, 0.25) is 0 Å². The Morgan fingerprint density at radius 1 is 0.345 bits per heavy atom. The molecule has 0 aliphatic heterocycles. The van der Waals surface area contributed by atoms with E-state index in [1.807, 2.05) is 0 Å². The van der Waals surface area contributed by atoms with Crippen molar-refractivity contribution < 1.29 is 0 Å². The molecule has 0 spiro atoms. The Morgan fingerprint density at radius 2 is 0.845 bits per heavy atom. The van der Waals surface area contributed by atoms with Crippen molar-refractivity contribution in [3.05, 3.63) is 217 Å². The predicted molar refractivity (Wildman–Crippen MR) is 248 cm³/mol. The molecule has 10 aromatic rings. The molecule has 11 rings (SSSR count).